The lowest BCUT2D eigenvalue weighted by atomic mass is 10.2. The second-order valence-corrected chi connectivity index (χ2v) is 10.9. The normalized spacial score (nSPS) is 17.6. The summed E-state index contributed by atoms with van der Waals surface area (Å²) in [4.78, 5) is 19.6. The molecule has 10 heteroatoms. The number of para-hydroxylation sites is 1. The summed E-state index contributed by atoms with van der Waals surface area (Å²) in [6.07, 6.45) is 7.18. The lowest BCUT2D eigenvalue weighted by molar-refractivity contribution is 0.205. The van der Waals surface area contributed by atoms with Crippen molar-refractivity contribution in [1.29, 1.82) is 0 Å². The smallest absolute Gasteiger partial charge is 0.316 e. The Balaban J connectivity index is 1.41. The van der Waals surface area contributed by atoms with Gasteiger partial charge in [-0.3, -0.25) is 4.79 Å². The van der Waals surface area contributed by atoms with Crippen molar-refractivity contribution in [2.45, 2.75) is 43.7 Å². The zero-order chi connectivity index (χ0) is 24.4. The van der Waals surface area contributed by atoms with Crippen molar-refractivity contribution in [2.75, 3.05) is 31.1 Å². The van der Waals surface area contributed by atoms with E-state index in [1.54, 1.807) is 18.3 Å². The largest absolute Gasteiger partial charge is 0.483 e. The molecular formula is C25H29N5O4S. The topological polar surface area (TPSA) is 97.6 Å². The van der Waals surface area contributed by atoms with Crippen molar-refractivity contribution >= 4 is 15.7 Å². The van der Waals surface area contributed by atoms with Crippen LogP contribution in [-0.4, -0.2) is 59.8 Å². The van der Waals surface area contributed by atoms with Gasteiger partial charge in [-0.2, -0.15) is 14.1 Å². The molecule has 3 aromatic rings. The third-order valence-electron chi connectivity index (χ3n) is 6.58. The number of anilines is 1. The molecule has 0 amide bonds. The fourth-order valence-corrected chi connectivity index (χ4v) is 6.08. The van der Waals surface area contributed by atoms with Gasteiger partial charge < -0.3 is 9.64 Å². The standard InChI is InChI=1S/C25H29N5O4S/c1-19-11-12-26-23(17-19)35(32,33)29-15-13-28(14-16-29)22-18-27-30(20-7-3-2-4-8-20)25(31)24(22)34-21-9-5-6-10-21/h2-4,7-8,11-12,17-18,21H,5-6,9-10,13-16H2,1H3. The molecule has 0 N–H and O–H groups in total. The zero-order valence-corrected chi connectivity index (χ0v) is 20.5. The van der Waals surface area contributed by atoms with Gasteiger partial charge in [-0.05, 0) is 62.4 Å². The van der Waals surface area contributed by atoms with Crippen molar-refractivity contribution in [1.82, 2.24) is 19.1 Å². The first-order chi connectivity index (χ1) is 16.9. The maximum absolute atomic E-state index is 13.5. The average Bonchev–Trinajstić information content (AvgIpc) is 3.39. The number of aromatic nitrogens is 3. The highest BCUT2D eigenvalue weighted by atomic mass is 32.2. The second-order valence-electron chi connectivity index (χ2n) is 9.00. The van der Waals surface area contributed by atoms with Crippen molar-refractivity contribution in [3.05, 3.63) is 70.8 Å². The van der Waals surface area contributed by atoms with E-state index in [9.17, 15) is 13.2 Å². The van der Waals surface area contributed by atoms with Crippen LogP contribution in [-0.2, 0) is 10.0 Å². The van der Waals surface area contributed by atoms with Crippen LogP contribution in [0.4, 0.5) is 5.69 Å². The summed E-state index contributed by atoms with van der Waals surface area (Å²) in [5, 5.41) is 4.48. The van der Waals surface area contributed by atoms with E-state index in [1.807, 2.05) is 42.2 Å². The molecule has 0 unspecified atom stereocenters. The molecule has 1 aromatic carbocycles. The van der Waals surface area contributed by atoms with Gasteiger partial charge in [-0.25, -0.2) is 13.4 Å². The molecule has 1 saturated carbocycles. The van der Waals surface area contributed by atoms with Crippen LogP contribution in [0.15, 0.2) is 64.7 Å². The van der Waals surface area contributed by atoms with Gasteiger partial charge in [0.1, 0.15) is 5.69 Å². The number of ether oxygens (including phenoxy) is 1. The molecule has 9 nitrogen and oxygen atoms in total. The SMILES string of the molecule is Cc1ccnc(S(=O)(=O)N2CCN(c3cnn(-c4ccccc4)c(=O)c3OC3CCCC3)CC2)c1. The first-order valence-electron chi connectivity index (χ1n) is 12.0. The van der Waals surface area contributed by atoms with E-state index in [0.29, 0.717) is 24.5 Å². The predicted octanol–water partition coefficient (Wildman–Crippen LogP) is 2.77. The average molecular weight is 496 g/mol. The Morgan fingerprint density at radius 2 is 1.71 bits per heavy atom. The van der Waals surface area contributed by atoms with Crippen LogP contribution in [0.2, 0.25) is 0 Å². The van der Waals surface area contributed by atoms with Gasteiger partial charge in [0, 0.05) is 32.4 Å². The lowest BCUT2D eigenvalue weighted by Gasteiger charge is -2.35. The molecule has 1 aliphatic carbocycles. The Morgan fingerprint density at radius 3 is 2.40 bits per heavy atom. The molecule has 0 radical (unpaired) electrons. The molecule has 0 atom stereocenters. The Hall–Kier alpha value is -3.24. The van der Waals surface area contributed by atoms with Gasteiger partial charge in [-0.15, -0.1) is 0 Å². The van der Waals surface area contributed by atoms with E-state index in [4.69, 9.17) is 4.74 Å². The molecule has 35 heavy (non-hydrogen) atoms. The highest BCUT2D eigenvalue weighted by Gasteiger charge is 2.32. The third-order valence-corrected chi connectivity index (χ3v) is 8.37. The minimum absolute atomic E-state index is 0.00198. The molecule has 1 saturated heterocycles. The summed E-state index contributed by atoms with van der Waals surface area (Å²) >= 11 is 0. The Kier molecular flexibility index (Phi) is 6.57. The molecule has 2 aromatic heterocycles. The van der Waals surface area contributed by atoms with Gasteiger partial charge in [-0.1, -0.05) is 18.2 Å². The van der Waals surface area contributed by atoms with E-state index in [2.05, 4.69) is 10.1 Å². The monoisotopic (exact) mass is 495 g/mol. The van der Waals surface area contributed by atoms with Crippen LogP contribution in [0, 0.1) is 6.92 Å². The molecule has 2 fully saturated rings. The summed E-state index contributed by atoms with van der Waals surface area (Å²) in [7, 11) is -3.69. The number of rotatable bonds is 6. The maximum Gasteiger partial charge on any atom is 0.316 e. The molecule has 0 bridgehead atoms. The number of hydrogen-bond donors (Lipinski definition) is 0. The second kappa shape index (κ2) is 9.79. The van der Waals surface area contributed by atoms with Crippen LogP contribution in [0.1, 0.15) is 31.2 Å². The number of aryl methyl sites for hydroxylation is 1. The molecule has 184 valence electrons. The summed E-state index contributed by atoms with van der Waals surface area (Å²) in [6.45, 7) is 3.24. The molecule has 1 aliphatic heterocycles. The summed E-state index contributed by atoms with van der Waals surface area (Å²) in [5.74, 6) is 0.285. The zero-order valence-electron chi connectivity index (χ0n) is 19.7. The Labute approximate surface area is 205 Å². The number of pyridine rings is 1. The summed E-state index contributed by atoms with van der Waals surface area (Å²) in [6, 6.07) is 12.6. The molecule has 5 rings (SSSR count). The minimum atomic E-state index is -3.69. The number of sulfonamides is 1. The minimum Gasteiger partial charge on any atom is -0.483 e. The quantitative estimate of drug-likeness (QED) is 0.519. The first-order valence-corrected chi connectivity index (χ1v) is 13.4. The molecule has 2 aliphatic rings. The van der Waals surface area contributed by atoms with E-state index in [1.165, 1.54) is 15.2 Å². The van der Waals surface area contributed by atoms with E-state index in [0.717, 1.165) is 31.2 Å². The Morgan fingerprint density at radius 1 is 1.00 bits per heavy atom. The summed E-state index contributed by atoms with van der Waals surface area (Å²) in [5.41, 5.74) is 1.82. The number of nitrogens with zero attached hydrogens (tertiary/aromatic N) is 5. The third kappa shape index (κ3) is 4.81. The Bertz CT molecular complexity index is 1350. The van der Waals surface area contributed by atoms with Crippen LogP contribution in [0.25, 0.3) is 5.69 Å². The molecule has 3 heterocycles. The van der Waals surface area contributed by atoms with Crippen molar-refractivity contribution in [2.24, 2.45) is 0 Å². The fraction of sp³-hybridized carbons (Fsp3) is 0.400. The van der Waals surface area contributed by atoms with Crippen LogP contribution >= 0.6 is 0 Å². The number of piperazine rings is 1. The van der Waals surface area contributed by atoms with Gasteiger partial charge in [0.15, 0.2) is 5.03 Å². The number of benzene rings is 1. The van der Waals surface area contributed by atoms with Gasteiger partial charge in [0.25, 0.3) is 10.0 Å². The van der Waals surface area contributed by atoms with Crippen molar-refractivity contribution in [3.63, 3.8) is 0 Å². The van der Waals surface area contributed by atoms with E-state index in [-0.39, 0.29) is 35.5 Å². The first kappa shape index (κ1) is 23.5. The lowest BCUT2D eigenvalue weighted by Crippen LogP contribution is -2.49. The highest BCUT2D eigenvalue weighted by Crippen LogP contribution is 2.30. The van der Waals surface area contributed by atoms with Gasteiger partial charge in [0.2, 0.25) is 5.75 Å². The predicted molar refractivity (Wildman–Crippen MR) is 133 cm³/mol. The number of hydrogen-bond acceptors (Lipinski definition) is 7. The van der Waals surface area contributed by atoms with Crippen LogP contribution in [0.5, 0.6) is 5.75 Å². The van der Waals surface area contributed by atoms with Gasteiger partial charge >= 0.3 is 5.56 Å². The van der Waals surface area contributed by atoms with Gasteiger partial charge in [0.05, 0.1) is 18.0 Å². The fourth-order valence-electron chi connectivity index (χ4n) is 4.64. The summed E-state index contributed by atoms with van der Waals surface area (Å²) < 4.78 is 35.3. The maximum atomic E-state index is 13.5. The van der Waals surface area contributed by atoms with Crippen molar-refractivity contribution in [3.8, 4) is 11.4 Å². The molecular weight excluding hydrogens is 466 g/mol. The molecule has 0 spiro atoms. The highest BCUT2D eigenvalue weighted by molar-refractivity contribution is 7.89. The van der Waals surface area contributed by atoms with Crippen molar-refractivity contribution < 1.29 is 13.2 Å². The van der Waals surface area contributed by atoms with Crippen LogP contribution in [0.3, 0.4) is 0 Å². The van der Waals surface area contributed by atoms with E-state index >= 15 is 0 Å². The van der Waals surface area contributed by atoms with Crippen LogP contribution < -0.4 is 15.2 Å². The van der Waals surface area contributed by atoms with E-state index < -0.39 is 10.0 Å².